The van der Waals surface area contributed by atoms with E-state index < -0.39 is 6.10 Å². The Bertz CT molecular complexity index is 620. The van der Waals surface area contributed by atoms with E-state index in [9.17, 15) is 5.11 Å². The molecule has 0 aliphatic rings. The topological polar surface area (TPSA) is 43.0 Å². The van der Waals surface area contributed by atoms with Gasteiger partial charge in [0.15, 0.2) is 17.6 Å². The van der Waals surface area contributed by atoms with Crippen molar-refractivity contribution in [1.29, 1.82) is 0 Å². The van der Waals surface area contributed by atoms with Gasteiger partial charge in [0.1, 0.15) is 6.61 Å². The van der Waals surface area contributed by atoms with Crippen molar-refractivity contribution in [2.24, 2.45) is 0 Å². The first-order valence-corrected chi connectivity index (χ1v) is 6.60. The molecule has 0 amide bonds. The van der Waals surface area contributed by atoms with Gasteiger partial charge >= 0.3 is 0 Å². The minimum absolute atomic E-state index is 0.0351. The maximum absolute atomic E-state index is 9.83. The van der Waals surface area contributed by atoms with E-state index in [2.05, 4.69) is 4.85 Å². The molecule has 1 atom stereocenters. The van der Waals surface area contributed by atoms with Crippen LogP contribution in [0.4, 0.5) is 0 Å². The molecule has 0 bridgehead atoms. The highest BCUT2D eigenvalue weighted by Gasteiger charge is 2.14. The van der Waals surface area contributed by atoms with E-state index in [1.165, 1.54) is 0 Å². The van der Waals surface area contributed by atoms with E-state index in [1.807, 2.05) is 30.3 Å². The van der Waals surface area contributed by atoms with Gasteiger partial charge in [0.2, 0.25) is 6.54 Å². The second-order valence-electron chi connectivity index (χ2n) is 4.54. The molecule has 0 saturated heterocycles. The minimum Gasteiger partial charge on any atom is -0.493 e. The Morgan fingerprint density at radius 2 is 1.90 bits per heavy atom. The Hall–Kier alpha value is -2.51. The SMILES string of the molecule is [C-]#[N+]CC(O)c1ccc(OCc2ccccc2)c(OC)c1. The highest BCUT2D eigenvalue weighted by Crippen LogP contribution is 2.31. The summed E-state index contributed by atoms with van der Waals surface area (Å²) >= 11 is 0. The molecule has 108 valence electrons. The molecule has 0 spiro atoms. The van der Waals surface area contributed by atoms with E-state index in [4.69, 9.17) is 16.0 Å². The Morgan fingerprint density at radius 1 is 1.14 bits per heavy atom. The first-order chi connectivity index (χ1) is 10.2. The lowest BCUT2D eigenvalue weighted by molar-refractivity contribution is 0.194. The second-order valence-corrected chi connectivity index (χ2v) is 4.54. The normalized spacial score (nSPS) is 11.5. The van der Waals surface area contributed by atoms with E-state index in [-0.39, 0.29) is 6.54 Å². The van der Waals surface area contributed by atoms with Crippen molar-refractivity contribution in [3.63, 3.8) is 0 Å². The quantitative estimate of drug-likeness (QED) is 0.828. The Kier molecular flexibility index (Phi) is 5.19. The lowest BCUT2D eigenvalue weighted by Crippen LogP contribution is -2.02. The predicted molar refractivity (Wildman–Crippen MR) is 80.2 cm³/mol. The van der Waals surface area contributed by atoms with Crippen LogP contribution in [-0.4, -0.2) is 18.8 Å². The van der Waals surface area contributed by atoms with E-state index in [0.29, 0.717) is 23.7 Å². The number of hydrogen-bond donors (Lipinski definition) is 1. The van der Waals surface area contributed by atoms with Crippen LogP contribution in [0, 0.1) is 6.57 Å². The second kappa shape index (κ2) is 7.32. The van der Waals surface area contributed by atoms with E-state index in [1.54, 1.807) is 25.3 Å². The number of aliphatic hydroxyl groups is 1. The molecule has 0 heterocycles. The van der Waals surface area contributed by atoms with Crippen LogP contribution in [0.5, 0.6) is 11.5 Å². The molecule has 0 fully saturated rings. The molecule has 0 saturated carbocycles. The maximum atomic E-state index is 9.83. The summed E-state index contributed by atoms with van der Waals surface area (Å²) in [5, 5.41) is 9.83. The molecule has 0 aliphatic heterocycles. The smallest absolute Gasteiger partial charge is 0.244 e. The van der Waals surface area contributed by atoms with Crippen molar-refractivity contribution in [3.05, 3.63) is 71.1 Å². The molecule has 1 N–H and O–H groups in total. The largest absolute Gasteiger partial charge is 0.493 e. The summed E-state index contributed by atoms with van der Waals surface area (Å²) in [5.41, 5.74) is 1.71. The third-order valence-corrected chi connectivity index (χ3v) is 3.07. The standard InChI is InChI=1S/C17H17NO3/c1-18-11-15(19)14-8-9-16(17(10-14)20-2)21-12-13-6-4-3-5-7-13/h3-10,15,19H,11-12H2,2H3. The molecular formula is C17H17NO3. The minimum atomic E-state index is -0.806. The Morgan fingerprint density at radius 3 is 2.57 bits per heavy atom. The Balaban J connectivity index is 2.11. The number of hydrogen-bond acceptors (Lipinski definition) is 3. The fourth-order valence-corrected chi connectivity index (χ4v) is 1.94. The van der Waals surface area contributed by atoms with E-state index in [0.717, 1.165) is 5.56 Å². The highest BCUT2D eigenvalue weighted by atomic mass is 16.5. The monoisotopic (exact) mass is 283 g/mol. The first kappa shape index (κ1) is 14.9. The molecule has 2 aromatic carbocycles. The van der Waals surface area contributed by atoms with Gasteiger partial charge in [0.25, 0.3) is 0 Å². The van der Waals surface area contributed by atoms with Gasteiger partial charge in [-0.2, -0.15) is 0 Å². The van der Waals surface area contributed by atoms with Crippen LogP contribution in [0.3, 0.4) is 0 Å². The Labute approximate surface area is 124 Å². The van der Waals surface area contributed by atoms with Gasteiger partial charge in [-0.25, -0.2) is 6.57 Å². The average molecular weight is 283 g/mol. The lowest BCUT2D eigenvalue weighted by atomic mass is 10.1. The third-order valence-electron chi connectivity index (χ3n) is 3.07. The van der Waals surface area contributed by atoms with Gasteiger partial charge in [0.05, 0.1) is 7.11 Å². The molecule has 0 aliphatic carbocycles. The van der Waals surface area contributed by atoms with Crippen molar-refractivity contribution in [1.82, 2.24) is 0 Å². The van der Waals surface area contributed by atoms with Crippen molar-refractivity contribution < 1.29 is 14.6 Å². The molecule has 4 nitrogen and oxygen atoms in total. The van der Waals surface area contributed by atoms with Crippen LogP contribution >= 0.6 is 0 Å². The van der Waals surface area contributed by atoms with Gasteiger partial charge in [0, 0.05) is 0 Å². The predicted octanol–water partition coefficient (Wildman–Crippen LogP) is 3.23. The molecule has 2 rings (SSSR count). The number of ether oxygens (including phenoxy) is 2. The summed E-state index contributed by atoms with van der Waals surface area (Å²) in [6.45, 7) is 7.27. The molecule has 1 unspecified atom stereocenters. The summed E-state index contributed by atoms with van der Waals surface area (Å²) in [4.78, 5) is 3.19. The summed E-state index contributed by atoms with van der Waals surface area (Å²) < 4.78 is 11.0. The molecule has 21 heavy (non-hydrogen) atoms. The van der Waals surface area contributed by atoms with Crippen LogP contribution in [-0.2, 0) is 6.61 Å². The number of rotatable bonds is 6. The van der Waals surface area contributed by atoms with Crippen molar-refractivity contribution in [3.8, 4) is 11.5 Å². The molecule has 4 heteroatoms. The van der Waals surface area contributed by atoms with Gasteiger partial charge < -0.3 is 19.4 Å². The van der Waals surface area contributed by atoms with Crippen LogP contribution in [0.1, 0.15) is 17.2 Å². The number of methoxy groups -OCH3 is 1. The molecule has 0 radical (unpaired) electrons. The van der Waals surface area contributed by atoms with Gasteiger partial charge in [-0.05, 0) is 23.3 Å². The van der Waals surface area contributed by atoms with Crippen LogP contribution < -0.4 is 9.47 Å². The van der Waals surface area contributed by atoms with Crippen LogP contribution in [0.25, 0.3) is 4.85 Å². The van der Waals surface area contributed by atoms with Crippen LogP contribution in [0.15, 0.2) is 48.5 Å². The molecular weight excluding hydrogens is 266 g/mol. The summed E-state index contributed by atoms with van der Waals surface area (Å²) in [6.07, 6.45) is -0.806. The van der Waals surface area contributed by atoms with E-state index >= 15 is 0 Å². The fourth-order valence-electron chi connectivity index (χ4n) is 1.94. The number of benzene rings is 2. The first-order valence-electron chi connectivity index (χ1n) is 6.60. The summed E-state index contributed by atoms with van der Waals surface area (Å²) in [5.74, 6) is 1.16. The molecule has 0 aromatic heterocycles. The van der Waals surface area contributed by atoms with Gasteiger partial charge in [-0.1, -0.05) is 36.4 Å². The summed E-state index contributed by atoms with van der Waals surface area (Å²) in [6, 6.07) is 15.1. The van der Waals surface area contributed by atoms with Crippen molar-refractivity contribution >= 4 is 0 Å². The average Bonchev–Trinajstić information content (AvgIpc) is 2.54. The van der Waals surface area contributed by atoms with Crippen molar-refractivity contribution in [2.75, 3.05) is 13.7 Å². The number of aliphatic hydroxyl groups excluding tert-OH is 1. The number of nitrogens with zero attached hydrogens (tertiary/aromatic N) is 1. The lowest BCUT2D eigenvalue weighted by Gasteiger charge is -2.13. The zero-order chi connectivity index (χ0) is 15.1. The third kappa shape index (κ3) is 3.98. The van der Waals surface area contributed by atoms with Gasteiger partial charge in [-0.15, -0.1) is 0 Å². The van der Waals surface area contributed by atoms with Gasteiger partial charge in [-0.3, -0.25) is 0 Å². The zero-order valence-electron chi connectivity index (χ0n) is 11.8. The fraction of sp³-hybridized carbons (Fsp3) is 0.235. The van der Waals surface area contributed by atoms with Crippen LogP contribution in [0.2, 0.25) is 0 Å². The summed E-state index contributed by atoms with van der Waals surface area (Å²) in [7, 11) is 1.55. The zero-order valence-corrected chi connectivity index (χ0v) is 11.8. The highest BCUT2D eigenvalue weighted by molar-refractivity contribution is 5.43. The maximum Gasteiger partial charge on any atom is 0.244 e. The van der Waals surface area contributed by atoms with Crippen molar-refractivity contribution in [2.45, 2.75) is 12.7 Å². The molecule has 2 aromatic rings.